The van der Waals surface area contributed by atoms with Gasteiger partial charge in [-0.25, -0.2) is 4.98 Å². The Hall–Kier alpha value is -2.08. The normalized spacial score (nSPS) is 10.2. The summed E-state index contributed by atoms with van der Waals surface area (Å²) in [6, 6.07) is 7.34. The van der Waals surface area contributed by atoms with Gasteiger partial charge in [-0.15, -0.1) is 11.3 Å². The molecule has 19 heavy (non-hydrogen) atoms. The molecule has 6 heteroatoms. The Morgan fingerprint density at radius 3 is 2.79 bits per heavy atom. The van der Waals surface area contributed by atoms with E-state index in [-0.39, 0.29) is 6.42 Å². The largest absolute Gasteiger partial charge is 0.493 e. The number of rotatable bonds is 6. The smallest absolute Gasteiger partial charge is 0.308 e. The van der Waals surface area contributed by atoms with Crippen molar-refractivity contribution in [1.29, 1.82) is 0 Å². The predicted octanol–water partition coefficient (Wildman–Crippen LogP) is 2.36. The fraction of sp³-hybridized carbons (Fsp3) is 0.231. The summed E-state index contributed by atoms with van der Waals surface area (Å²) < 4.78 is 10.8. The Labute approximate surface area is 114 Å². The Kier molecular flexibility index (Phi) is 4.35. The van der Waals surface area contributed by atoms with Crippen LogP contribution in [-0.2, 0) is 17.8 Å². The van der Waals surface area contributed by atoms with Crippen LogP contribution in [0.15, 0.2) is 30.5 Å². The second-order valence-corrected chi connectivity index (χ2v) is 4.93. The monoisotopic (exact) mass is 279 g/mol. The molecule has 0 fully saturated rings. The van der Waals surface area contributed by atoms with Crippen LogP contribution in [0.2, 0.25) is 0 Å². The van der Waals surface area contributed by atoms with E-state index in [0.717, 1.165) is 5.01 Å². The number of thiazole rings is 1. The summed E-state index contributed by atoms with van der Waals surface area (Å²) in [4.78, 5) is 15.4. The van der Waals surface area contributed by atoms with Crippen LogP contribution in [0.4, 0.5) is 0 Å². The molecule has 0 atom stereocenters. The number of aromatic nitrogens is 1. The number of carboxylic acid groups (broad SMARTS) is 1. The maximum absolute atomic E-state index is 10.6. The highest BCUT2D eigenvalue weighted by Gasteiger charge is 2.08. The Morgan fingerprint density at radius 1 is 1.37 bits per heavy atom. The molecule has 0 bridgehead atoms. The summed E-state index contributed by atoms with van der Waals surface area (Å²) in [6.45, 7) is 0.296. The van der Waals surface area contributed by atoms with E-state index in [9.17, 15) is 4.79 Å². The van der Waals surface area contributed by atoms with Gasteiger partial charge in [0, 0.05) is 11.1 Å². The van der Waals surface area contributed by atoms with E-state index in [2.05, 4.69) is 4.98 Å². The highest BCUT2D eigenvalue weighted by Crippen LogP contribution is 2.27. The number of para-hydroxylation sites is 2. The molecular weight excluding hydrogens is 266 g/mol. The lowest BCUT2D eigenvalue weighted by Gasteiger charge is -2.08. The van der Waals surface area contributed by atoms with Crippen LogP contribution in [0.5, 0.6) is 11.5 Å². The van der Waals surface area contributed by atoms with Crippen LogP contribution in [0.1, 0.15) is 9.88 Å². The van der Waals surface area contributed by atoms with Gasteiger partial charge in [0.05, 0.1) is 13.5 Å². The van der Waals surface area contributed by atoms with E-state index in [1.165, 1.54) is 11.3 Å². The first-order valence-corrected chi connectivity index (χ1v) is 6.42. The molecule has 1 aromatic heterocycles. The van der Waals surface area contributed by atoms with Crippen molar-refractivity contribution in [2.45, 2.75) is 13.0 Å². The summed E-state index contributed by atoms with van der Waals surface area (Å²) in [7, 11) is 1.58. The second-order valence-electron chi connectivity index (χ2n) is 3.73. The van der Waals surface area contributed by atoms with Gasteiger partial charge in [-0.05, 0) is 12.1 Å². The Balaban J connectivity index is 1.98. The van der Waals surface area contributed by atoms with Gasteiger partial charge < -0.3 is 14.6 Å². The first kappa shape index (κ1) is 13.4. The third-order valence-electron chi connectivity index (χ3n) is 2.35. The Morgan fingerprint density at radius 2 is 2.11 bits per heavy atom. The minimum Gasteiger partial charge on any atom is -0.493 e. The summed E-state index contributed by atoms with van der Waals surface area (Å²) >= 11 is 1.34. The third-order valence-corrected chi connectivity index (χ3v) is 3.32. The van der Waals surface area contributed by atoms with Gasteiger partial charge in [-0.2, -0.15) is 0 Å². The third kappa shape index (κ3) is 3.69. The van der Waals surface area contributed by atoms with Crippen molar-refractivity contribution in [1.82, 2.24) is 4.98 Å². The molecule has 0 aliphatic carbocycles. The molecule has 1 aromatic carbocycles. The molecule has 0 aliphatic rings. The summed E-state index contributed by atoms with van der Waals surface area (Å²) in [5.41, 5.74) is 0. The molecule has 0 radical (unpaired) electrons. The van der Waals surface area contributed by atoms with Crippen LogP contribution < -0.4 is 9.47 Å². The summed E-state index contributed by atoms with van der Waals surface area (Å²) in [5, 5.41) is 9.42. The molecule has 0 spiro atoms. The average Bonchev–Trinajstić information content (AvgIpc) is 2.83. The number of methoxy groups -OCH3 is 1. The lowest BCUT2D eigenvalue weighted by molar-refractivity contribution is -0.136. The van der Waals surface area contributed by atoms with Crippen molar-refractivity contribution in [2.75, 3.05) is 7.11 Å². The molecule has 1 heterocycles. The van der Waals surface area contributed by atoms with Gasteiger partial charge in [0.2, 0.25) is 0 Å². The number of carbonyl (C=O) groups is 1. The molecule has 100 valence electrons. The number of hydrogen-bond donors (Lipinski definition) is 1. The van der Waals surface area contributed by atoms with Gasteiger partial charge in [0.15, 0.2) is 11.5 Å². The van der Waals surface area contributed by atoms with Gasteiger partial charge in [-0.1, -0.05) is 12.1 Å². The summed E-state index contributed by atoms with van der Waals surface area (Å²) in [6.07, 6.45) is 1.56. The molecule has 0 saturated carbocycles. The highest BCUT2D eigenvalue weighted by molar-refractivity contribution is 7.11. The number of carboxylic acids is 1. The van der Waals surface area contributed by atoms with E-state index in [4.69, 9.17) is 14.6 Å². The first-order valence-electron chi connectivity index (χ1n) is 5.60. The van der Waals surface area contributed by atoms with E-state index in [1.807, 2.05) is 24.3 Å². The SMILES string of the molecule is COc1ccccc1OCc1ncc(CC(=O)O)s1. The van der Waals surface area contributed by atoms with Gasteiger partial charge in [0.1, 0.15) is 11.6 Å². The maximum atomic E-state index is 10.6. The lowest BCUT2D eigenvalue weighted by atomic mass is 10.3. The van der Waals surface area contributed by atoms with E-state index in [1.54, 1.807) is 13.3 Å². The van der Waals surface area contributed by atoms with E-state index < -0.39 is 5.97 Å². The van der Waals surface area contributed by atoms with Crippen molar-refractivity contribution in [3.63, 3.8) is 0 Å². The van der Waals surface area contributed by atoms with Crippen molar-refractivity contribution < 1.29 is 19.4 Å². The van der Waals surface area contributed by atoms with Crippen LogP contribution in [0, 0.1) is 0 Å². The number of nitrogens with zero attached hydrogens (tertiary/aromatic N) is 1. The molecule has 0 aliphatic heterocycles. The molecule has 0 amide bonds. The number of ether oxygens (including phenoxy) is 2. The molecule has 2 aromatic rings. The molecule has 0 unspecified atom stereocenters. The van der Waals surface area contributed by atoms with Crippen LogP contribution in [0.3, 0.4) is 0 Å². The van der Waals surface area contributed by atoms with Crippen LogP contribution >= 0.6 is 11.3 Å². The maximum Gasteiger partial charge on any atom is 0.308 e. The average molecular weight is 279 g/mol. The van der Waals surface area contributed by atoms with Crippen molar-refractivity contribution in [3.05, 3.63) is 40.3 Å². The fourth-order valence-electron chi connectivity index (χ4n) is 1.52. The lowest BCUT2D eigenvalue weighted by Crippen LogP contribution is -1.97. The van der Waals surface area contributed by atoms with E-state index in [0.29, 0.717) is 23.0 Å². The molecule has 5 nitrogen and oxygen atoms in total. The first-order chi connectivity index (χ1) is 9.19. The van der Waals surface area contributed by atoms with Crippen LogP contribution in [0.25, 0.3) is 0 Å². The van der Waals surface area contributed by atoms with Crippen LogP contribution in [-0.4, -0.2) is 23.2 Å². The number of benzene rings is 1. The quantitative estimate of drug-likeness (QED) is 0.879. The van der Waals surface area contributed by atoms with Gasteiger partial charge in [0.25, 0.3) is 0 Å². The van der Waals surface area contributed by atoms with Crippen molar-refractivity contribution in [2.24, 2.45) is 0 Å². The standard InChI is InChI=1S/C13H13NO4S/c1-17-10-4-2-3-5-11(10)18-8-12-14-7-9(19-12)6-13(15)16/h2-5,7H,6,8H2,1H3,(H,15,16). The Bertz CT molecular complexity index is 567. The zero-order chi connectivity index (χ0) is 13.7. The predicted molar refractivity (Wildman–Crippen MR) is 70.8 cm³/mol. The highest BCUT2D eigenvalue weighted by atomic mass is 32.1. The molecular formula is C13H13NO4S. The van der Waals surface area contributed by atoms with Gasteiger partial charge in [-0.3, -0.25) is 4.79 Å². The number of hydrogen-bond acceptors (Lipinski definition) is 5. The molecule has 2 rings (SSSR count). The van der Waals surface area contributed by atoms with Crippen molar-refractivity contribution in [3.8, 4) is 11.5 Å². The summed E-state index contributed by atoms with van der Waals surface area (Å²) in [5.74, 6) is 0.436. The number of aliphatic carboxylic acids is 1. The minimum absolute atomic E-state index is 0.00761. The molecule has 0 saturated heterocycles. The zero-order valence-corrected chi connectivity index (χ0v) is 11.1. The van der Waals surface area contributed by atoms with Crippen molar-refractivity contribution >= 4 is 17.3 Å². The molecule has 1 N–H and O–H groups in total. The van der Waals surface area contributed by atoms with Gasteiger partial charge >= 0.3 is 5.97 Å². The zero-order valence-electron chi connectivity index (χ0n) is 10.3. The van der Waals surface area contributed by atoms with E-state index >= 15 is 0 Å². The fourth-order valence-corrected chi connectivity index (χ4v) is 2.35. The minimum atomic E-state index is -0.860. The topological polar surface area (TPSA) is 68.7 Å². The second kappa shape index (κ2) is 6.19.